The Balaban J connectivity index is 2.33. The maximum absolute atomic E-state index is 10.7. The van der Waals surface area contributed by atoms with Crippen LogP contribution in [0.15, 0.2) is 23.5 Å². The van der Waals surface area contributed by atoms with Gasteiger partial charge in [-0.05, 0) is 18.9 Å². The summed E-state index contributed by atoms with van der Waals surface area (Å²) >= 11 is 0. The molecule has 52 valence electrons. The lowest BCUT2D eigenvalue weighted by Gasteiger charge is -2.02. The maximum atomic E-state index is 10.7. The van der Waals surface area contributed by atoms with Crippen LogP contribution < -0.4 is 0 Å². The van der Waals surface area contributed by atoms with Crippen molar-refractivity contribution in [1.29, 1.82) is 0 Å². The van der Waals surface area contributed by atoms with Crippen molar-refractivity contribution in [2.45, 2.75) is 19.3 Å². The SMILES string of the molecule is O=C1CC2=CCCC=C2O1. The van der Waals surface area contributed by atoms with Gasteiger partial charge in [-0.25, -0.2) is 0 Å². The van der Waals surface area contributed by atoms with Crippen LogP contribution >= 0.6 is 0 Å². The first-order chi connectivity index (χ1) is 4.86. The van der Waals surface area contributed by atoms with Gasteiger partial charge in [0.2, 0.25) is 0 Å². The van der Waals surface area contributed by atoms with Crippen molar-refractivity contribution in [2.75, 3.05) is 0 Å². The summed E-state index contributed by atoms with van der Waals surface area (Å²) in [6.45, 7) is 0. The number of allylic oxidation sites excluding steroid dienone is 3. The molecule has 1 aliphatic heterocycles. The molecule has 0 unspecified atom stereocenters. The Morgan fingerprint density at radius 3 is 2.90 bits per heavy atom. The highest BCUT2D eigenvalue weighted by molar-refractivity contribution is 5.79. The monoisotopic (exact) mass is 136 g/mol. The summed E-state index contributed by atoms with van der Waals surface area (Å²) in [7, 11) is 0. The van der Waals surface area contributed by atoms with E-state index in [0.717, 1.165) is 24.2 Å². The average molecular weight is 136 g/mol. The summed E-state index contributed by atoms with van der Waals surface area (Å²) in [5.74, 6) is 0.690. The van der Waals surface area contributed by atoms with E-state index in [4.69, 9.17) is 4.74 Å². The molecule has 1 fully saturated rings. The van der Waals surface area contributed by atoms with E-state index < -0.39 is 0 Å². The van der Waals surface area contributed by atoms with Gasteiger partial charge in [0, 0.05) is 5.57 Å². The van der Waals surface area contributed by atoms with Gasteiger partial charge in [-0.1, -0.05) is 6.08 Å². The van der Waals surface area contributed by atoms with Gasteiger partial charge in [0.1, 0.15) is 5.76 Å². The molecular weight excluding hydrogens is 128 g/mol. The smallest absolute Gasteiger partial charge is 0.315 e. The van der Waals surface area contributed by atoms with E-state index in [1.165, 1.54) is 0 Å². The molecule has 0 atom stereocenters. The van der Waals surface area contributed by atoms with Crippen LogP contribution in [-0.2, 0) is 9.53 Å². The van der Waals surface area contributed by atoms with Crippen molar-refractivity contribution in [1.82, 2.24) is 0 Å². The van der Waals surface area contributed by atoms with Gasteiger partial charge < -0.3 is 4.74 Å². The minimum absolute atomic E-state index is 0.112. The van der Waals surface area contributed by atoms with Gasteiger partial charge in [-0.2, -0.15) is 0 Å². The minimum atomic E-state index is -0.112. The van der Waals surface area contributed by atoms with Crippen LogP contribution in [-0.4, -0.2) is 5.97 Å². The molecule has 0 bridgehead atoms. The Bertz CT molecular complexity index is 212. The van der Waals surface area contributed by atoms with Gasteiger partial charge in [-0.3, -0.25) is 4.79 Å². The first kappa shape index (κ1) is 5.71. The second-order valence-corrected chi connectivity index (χ2v) is 2.53. The van der Waals surface area contributed by atoms with E-state index in [1.807, 2.05) is 6.08 Å². The molecule has 1 saturated heterocycles. The van der Waals surface area contributed by atoms with Crippen molar-refractivity contribution in [3.8, 4) is 0 Å². The molecule has 0 N–H and O–H groups in total. The highest BCUT2D eigenvalue weighted by atomic mass is 16.5. The van der Waals surface area contributed by atoms with Crippen molar-refractivity contribution in [3.05, 3.63) is 23.5 Å². The zero-order chi connectivity index (χ0) is 6.97. The zero-order valence-corrected chi connectivity index (χ0v) is 5.59. The van der Waals surface area contributed by atoms with Crippen LogP contribution in [0.5, 0.6) is 0 Å². The topological polar surface area (TPSA) is 26.3 Å². The van der Waals surface area contributed by atoms with Crippen LogP contribution in [0.3, 0.4) is 0 Å². The summed E-state index contributed by atoms with van der Waals surface area (Å²) in [6, 6.07) is 0. The third-order valence-electron chi connectivity index (χ3n) is 1.76. The molecule has 2 nitrogen and oxygen atoms in total. The average Bonchev–Trinajstić information content (AvgIpc) is 2.27. The molecule has 0 spiro atoms. The van der Waals surface area contributed by atoms with Gasteiger partial charge >= 0.3 is 5.97 Å². The molecule has 1 heterocycles. The largest absolute Gasteiger partial charge is 0.426 e. The molecule has 0 aromatic carbocycles. The molecule has 2 rings (SSSR count). The van der Waals surface area contributed by atoms with Crippen LogP contribution in [0.4, 0.5) is 0 Å². The number of esters is 1. The quantitative estimate of drug-likeness (QED) is 0.472. The highest BCUT2D eigenvalue weighted by Gasteiger charge is 2.23. The summed E-state index contributed by atoms with van der Waals surface area (Å²) in [5.41, 5.74) is 1.08. The van der Waals surface area contributed by atoms with Gasteiger partial charge in [0.25, 0.3) is 0 Å². The Kier molecular flexibility index (Phi) is 1.13. The van der Waals surface area contributed by atoms with Crippen molar-refractivity contribution in [3.63, 3.8) is 0 Å². The molecule has 0 saturated carbocycles. The van der Waals surface area contributed by atoms with Crippen LogP contribution in [0.1, 0.15) is 19.3 Å². The molecule has 10 heavy (non-hydrogen) atoms. The molecule has 1 aliphatic carbocycles. The van der Waals surface area contributed by atoms with E-state index >= 15 is 0 Å². The molecule has 0 amide bonds. The number of hydrogen-bond acceptors (Lipinski definition) is 2. The number of fused-ring (bicyclic) bond motifs is 1. The lowest BCUT2D eigenvalue weighted by molar-refractivity contribution is -0.135. The van der Waals surface area contributed by atoms with E-state index in [-0.39, 0.29) is 5.97 Å². The van der Waals surface area contributed by atoms with Gasteiger partial charge in [0.15, 0.2) is 0 Å². The van der Waals surface area contributed by atoms with Crippen molar-refractivity contribution >= 4 is 5.97 Å². The lowest BCUT2D eigenvalue weighted by Crippen LogP contribution is -1.89. The van der Waals surface area contributed by atoms with E-state index in [9.17, 15) is 4.79 Å². The number of carbonyl (C=O) groups excluding carboxylic acids is 1. The number of carbonyl (C=O) groups is 1. The summed E-state index contributed by atoms with van der Waals surface area (Å²) in [4.78, 5) is 10.7. The summed E-state index contributed by atoms with van der Waals surface area (Å²) in [6.07, 6.45) is 6.61. The lowest BCUT2D eigenvalue weighted by atomic mass is 10.0. The third-order valence-corrected chi connectivity index (χ3v) is 1.76. The highest BCUT2D eigenvalue weighted by Crippen LogP contribution is 2.28. The number of hydrogen-bond donors (Lipinski definition) is 0. The first-order valence-corrected chi connectivity index (χ1v) is 3.46. The Morgan fingerprint density at radius 1 is 1.30 bits per heavy atom. The predicted octanol–water partition coefficient (Wildman–Crippen LogP) is 1.54. The number of rotatable bonds is 0. The summed E-state index contributed by atoms with van der Waals surface area (Å²) in [5, 5.41) is 0. The van der Waals surface area contributed by atoms with Crippen molar-refractivity contribution < 1.29 is 9.53 Å². The molecule has 0 aromatic rings. The van der Waals surface area contributed by atoms with Crippen molar-refractivity contribution in [2.24, 2.45) is 0 Å². The summed E-state index contributed by atoms with van der Waals surface area (Å²) < 4.78 is 4.92. The van der Waals surface area contributed by atoms with E-state index in [2.05, 4.69) is 6.08 Å². The van der Waals surface area contributed by atoms with Gasteiger partial charge in [-0.15, -0.1) is 0 Å². The third kappa shape index (κ3) is 0.764. The second kappa shape index (κ2) is 1.97. The molecule has 0 aromatic heterocycles. The van der Waals surface area contributed by atoms with E-state index in [0.29, 0.717) is 6.42 Å². The standard InChI is InChI=1S/C8H8O2/c9-8-5-6-3-1-2-4-7(6)10-8/h3-4H,1-2,5H2. The fraction of sp³-hybridized carbons (Fsp3) is 0.375. The van der Waals surface area contributed by atoms with E-state index in [1.54, 1.807) is 0 Å². The number of ether oxygens (including phenoxy) is 1. The fourth-order valence-corrected chi connectivity index (χ4v) is 1.28. The molecule has 2 heteroatoms. The van der Waals surface area contributed by atoms with Gasteiger partial charge in [0.05, 0.1) is 6.42 Å². The van der Waals surface area contributed by atoms with Crippen LogP contribution in [0, 0.1) is 0 Å². The fourth-order valence-electron chi connectivity index (χ4n) is 1.28. The Labute approximate surface area is 59.2 Å². The maximum Gasteiger partial charge on any atom is 0.315 e. The molecule has 2 aliphatic rings. The Morgan fingerprint density at radius 2 is 2.10 bits per heavy atom. The Hall–Kier alpha value is -1.05. The predicted molar refractivity (Wildman–Crippen MR) is 36.1 cm³/mol. The molecular formula is C8H8O2. The molecule has 0 radical (unpaired) electrons. The first-order valence-electron chi connectivity index (χ1n) is 3.46. The van der Waals surface area contributed by atoms with Crippen LogP contribution in [0.25, 0.3) is 0 Å². The second-order valence-electron chi connectivity index (χ2n) is 2.53. The van der Waals surface area contributed by atoms with Crippen LogP contribution in [0.2, 0.25) is 0 Å². The zero-order valence-electron chi connectivity index (χ0n) is 5.59. The minimum Gasteiger partial charge on any atom is -0.426 e. The normalized spacial score (nSPS) is 23.0.